The average molecular weight is 292 g/mol. The quantitative estimate of drug-likeness (QED) is 0.466. The topological polar surface area (TPSA) is 80.3 Å². The van der Waals surface area contributed by atoms with Crippen LogP contribution in [0.5, 0.6) is 0 Å². The van der Waals surface area contributed by atoms with Gasteiger partial charge in [-0.3, -0.25) is 0 Å². The summed E-state index contributed by atoms with van der Waals surface area (Å²) in [5.41, 5.74) is -0.178. The number of carbonyl (C=O) groups is 2. The first-order valence-electron chi connectivity index (χ1n) is 5.64. The van der Waals surface area contributed by atoms with Gasteiger partial charge in [0.25, 0.3) is 0 Å². The van der Waals surface area contributed by atoms with Crippen LogP contribution in [0.2, 0.25) is 0 Å². The van der Waals surface area contributed by atoms with E-state index in [1.165, 1.54) is 0 Å². The zero-order valence-corrected chi connectivity index (χ0v) is 13.5. The SMILES string of the molecule is CCCCC(CC)C/C(=C\C(=O)[O-])C(=O)[O-].[Zn+2]. The smallest absolute Gasteiger partial charge is 0.545 e. The molecule has 0 radical (unpaired) electrons. The summed E-state index contributed by atoms with van der Waals surface area (Å²) in [4.78, 5) is 21.0. The fourth-order valence-electron chi connectivity index (χ4n) is 1.60. The Balaban J connectivity index is 0. The first-order chi connectivity index (χ1) is 7.51. The van der Waals surface area contributed by atoms with Crippen LogP contribution in [0, 0.1) is 5.92 Å². The van der Waals surface area contributed by atoms with E-state index >= 15 is 0 Å². The Morgan fingerprint density at radius 1 is 1.24 bits per heavy atom. The third kappa shape index (κ3) is 9.05. The summed E-state index contributed by atoms with van der Waals surface area (Å²) >= 11 is 0. The van der Waals surface area contributed by atoms with Gasteiger partial charge in [-0.15, -0.1) is 0 Å². The van der Waals surface area contributed by atoms with Gasteiger partial charge in [0.2, 0.25) is 0 Å². The molecule has 0 saturated carbocycles. The molecular weight excluding hydrogens is 274 g/mol. The summed E-state index contributed by atoms with van der Waals surface area (Å²) in [5.74, 6) is -2.70. The van der Waals surface area contributed by atoms with Gasteiger partial charge in [0, 0.05) is 0 Å². The third-order valence-corrected chi connectivity index (χ3v) is 2.61. The maximum Gasteiger partial charge on any atom is 2.00 e. The Morgan fingerprint density at radius 2 is 1.82 bits per heavy atom. The fourth-order valence-corrected chi connectivity index (χ4v) is 1.60. The largest absolute Gasteiger partial charge is 2.00 e. The standard InChI is InChI=1S/C12H20O4.Zn/c1-3-5-6-9(4-2)7-10(12(15)16)8-11(13)14;/h8-9H,3-7H2,1-2H3,(H,13,14)(H,15,16);/q;+2/p-2/b10-8+;. The van der Waals surface area contributed by atoms with Crippen molar-refractivity contribution in [2.24, 2.45) is 5.92 Å². The number of hydrogen-bond acceptors (Lipinski definition) is 4. The molecule has 92 valence electrons. The van der Waals surface area contributed by atoms with Crippen molar-refractivity contribution in [2.75, 3.05) is 0 Å². The summed E-state index contributed by atoms with van der Waals surface area (Å²) in [6.07, 6.45) is 4.67. The average Bonchev–Trinajstić information content (AvgIpc) is 2.21. The van der Waals surface area contributed by atoms with E-state index in [1.54, 1.807) is 0 Å². The van der Waals surface area contributed by atoms with Crippen LogP contribution >= 0.6 is 0 Å². The van der Waals surface area contributed by atoms with Crippen LogP contribution < -0.4 is 10.2 Å². The van der Waals surface area contributed by atoms with Gasteiger partial charge in [-0.05, 0) is 24.0 Å². The first kappa shape index (κ1) is 18.7. The van der Waals surface area contributed by atoms with E-state index in [0.29, 0.717) is 6.08 Å². The Labute approximate surface area is 115 Å². The molecule has 0 bridgehead atoms. The van der Waals surface area contributed by atoms with E-state index in [0.717, 1.165) is 25.7 Å². The van der Waals surface area contributed by atoms with Gasteiger partial charge < -0.3 is 19.8 Å². The van der Waals surface area contributed by atoms with Crippen LogP contribution in [-0.4, -0.2) is 11.9 Å². The minimum Gasteiger partial charge on any atom is -0.545 e. The minimum atomic E-state index is -1.48. The van der Waals surface area contributed by atoms with Crippen molar-refractivity contribution >= 4 is 11.9 Å². The first-order valence-corrected chi connectivity index (χ1v) is 5.64. The number of rotatable bonds is 8. The van der Waals surface area contributed by atoms with Gasteiger partial charge in [-0.2, -0.15) is 0 Å². The van der Waals surface area contributed by atoms with E-state index in [-0.39, 0.29) is 37.4 Å². The predicted octanol–water partition coefficient (Wildman–Crippen LogP) is 0.0166. The summed E-state index contributed by atoms with van der Waals surface area (Å²) in [5, 5.41) is 21.0. The predicted molar refractivity (Wildman–Crippen MR) is 56.0 cm³/mol. The Kier molecular flexibility index (Phi) is 11.5. The van der Waals surface area contributed by atoms with Crippen molar-refractivity contribution in [3.8, 4) is 0 Å². The molecule has 0 spiro atoms. The molecule has 0 amide bonds. The molecule has 0 fully saturated rings. The molecule has 5 heteroatoms. The van der Waals surface area contributed by atoms with E-state index in [1.807, 2.05) is 6.92 Å². The molecule has 0 heterocycles. The number of carboxylic acid groups (broad SMARTS) is 2. The van der Waals surface area contributed by atoms with E-state index < -0.39 is 11.9 Å². The van der Waals surface area contributed by atoms with Gasteiger partial charge in [0.15, 0.2) is 0 Å². The van der Waals surface area contributed by atoms with Gasteiger partial charge >= 0.3 is 19.5 Å². The molecule has 1 atom stereocenters. The van der Waals surface area contributed by atoms with E-state index in [9.17, 15) is 19.8 Å². The van der Waals surface area contributed by atoms with Crippen molar-refractivity contribution in [2.45, 2.75) is 46.0 Å². The second-order valence-corrected chi connectivity index (χ2v) is 3.90. The third-order valence-electron chi connectivity index (χ3n) is 2.61. The molecular formula is C12H18O4Zn. The molecule has 4 nitrogen and oxygen atoms in total. The van der Waals surface area contributed by atoms with Gasteiger partial charge in [-0.25, -0.2) is 0 Å². The zero-order valence-electron chi connectivity index (χ0n) is 10.5. The molecule has 0 aliphatic heterocycles. The molecule has 17 heavy (non-hydrogen) atoms. The number of unbranched alkanes of at least 4 members (excludes halogenated alkanes) is 1. The van der Waals surface area contributed by atoms with Crippen LogP contribution in [0.1, 0.15) is 46.0 Å². The van der Waals surface area contributed by atoms with Crippen LogP contribution in [0.4, 0.5) is 0 Å². The zero-order chi connectivity index (χ0) is 12.6. The number of hydrogen-bond donors (Lipinski definition) is 0. The van der Waals surface area contributed by atoms with Gasteiger partial charge in [0.05, 0.1) is 11.9 Å². The normalized spacial score (nSPS) is 12.7. The molecule has 0 saturated heterocycles. The second kappa shape index (κ2) is 10.5. The summed E-state index contributed by atoms with van der Waals surface area (Å²) in [6, 6.07) is 0. The van der Waals surface area contributed by atoms with Crippen molar-refractivity contribution in [1.82, 2.24) is 0 Å². The Bertz CT molecular complexity index is 274. The molecule has 0 N–H and O–H groups in total. The number of carboxylic acids is 2. The molecule has 0 aromatic carbocycles. The summed E-state index contributed by atoms with van der Waals surface area (Å²) < 4.78 is 0. The monoisotopic (exact) mass is 290 g/mol. The van der Waals surface area contributed by atoms with Gasteiger partial charge in [0.1, 0.15) is 0 Å². The molecule has 0 aromatic rings. The van der Waals surface area contributed by atoms with Crippen molar-refractivity contribution < 1.29 is 39.3 Å². The number of aliphatic carboxylic acids is 2. The van der Waals surface area contributed by atoms with Crippen LogP contribution in [0.15, 0.2) is 11.6 Å². The maximum atomic E-state index is 10.7. The molecule has 0 aliphatic carbocycles. The Hall–Kier alpha value is -0.697. The van der Waals surface area contributed by atoms with E-state index in [2.05, 4.69) is 6.92 Å². The fraction of sp³-hybridized carbons (Fsp3) is 0.667. The van der Waals surface area contributed by atoms with Crippen molar-refractivity contribution in [3.05, 3.63) is 11.6 Å². The van der Waals surface area contributed by atoms with Crippen molar-refractivity contribution in [3.63, 3.8) is 0 Å². The minimum absolute atomic E-state index is 0. The molecule has 0 aromatic heterocycles. The summed E-state index contributed by atoms with van der Waals surface area (Å²) in [7, 11) is 0. The Morgan fingerprint density at radius 3 is 2.18 bits per heavy atom. The van der Waals surface area contributed by atoms with Crippen LogP contribution in [-0.2, 0) is 29.1 Å². The van der Waals surface area contributed by atoms with E-state index in [4.69, 9.17) is 0 Å². The molecule has 1 unspecified atom stereocenters. The molecule has 0 rings (SSSR count). The van der Waals surface area contributed by atoms with Crippen LogP contribution in [0.3, 0.4) is 0 Å². The summed E-state index contributed by atoms with van der Waals surface area (Å²) in [6.45, 7) is 4.02. The molecule has 0 aliphatic rings. The maximum absolute atomic E-state index is 10.7. The van der Waals surface area contributed by atoms with Crippen LogP contribution in [0.25, 0.3) is 0 Å². The van der Waals surface area contributed by atoms with Crippen molar-refractivity contribution in [1.29, 1.82) is 0 Å². The second-order valence-electron chi connectivity index (χ2n) is 3.90. The number of carbonyl (C=O) groups excluding carboxylic acids is 2. The van der Waals surface area contributed by atoms with Gasteiger partial charge in [-0.1, -0.05) is 39.5 Å².